The second kappa shape index (κ2) is 19.9. The number of rotatable bonds is 21. The molecule has 2 aromatic carbocycles. The highest BCUT2D eigenvalue weighted by Gasteiger charge is 2.37. The van der Waals surface area contributed by atoms with E-state index in [1.54, 1.807) is 4.90 Å². The van der Waals surface area contributed by atoms with E-state index < -0.39 is 29.6 Å². The lowest BCUT2D eigenvalue weighted by Gasteiger charge is -2.39. The quantitative estimate of drug-likeness (QED) is 0.0875. The molecule has 268 valence electrons. The topological polar surface area (TPSA) is 188 Å². The highest BCUT2D eigenvalue weighted by atomic mass is 16.5. The van der Waals surface area contributed by atoms with Gasteiger partial charge in [-0.3, -0.25) is 29.7 Å². The number of unbranched alkanes of at least 4 members (excludes halogenated alkanes) is 1. The fourth-order valence-corrected chi connectivity index (χ4v) is 6.37. The smallest absolute Gasteiger partial charge is 0.294 e. The summed E-state index contributed by atoms with van der Waals surface area (Å²) in [5.74, 6) is -2.26. The summed E-state index contributed by atoms with van der Waals surface area (Å²) in [7, 11) is 0. The van der Waals surface area contributed by atoms with Crippen molar-refractivity contribution in [3.8, 4) is 0 Å². The van der Waals surface area contributed by atoms with Crippen LogP contribution in [0, 0.1) is 17.8 Å². The van der Waals surface area contributed by atoms with Crippen LogP contribution in [0.15, 0.2) is 60.7 Å². The molecule has 49 heavy (non-hydrogen) atoms. The first-order valence-corrected chi connectivity index (χ1v) is 17.5. The molecule has 0 radical (unpaired) electrons. The molecule has 0 spiro atoms. The average Bonchev–Trinajstić information content (AvgIpc) is 3.08. The van der Waals surface area contributed by atoms with E-state index in [2.05, 4.69) is 5.32 Å². The summed E-state index contributed by atoms with van der Waals surface area (Å²) < 4.78 is 5.05. The lowest BCUT2D eigenvalue weighted by molar-refractivity contribution is -0.153. The Morgan fingerprint density at radius 3 is 2.00 bits per heavy atom. The zero-order valence-corrected chi connectivity index (χ0v) is 29.1. The number of hydrogen-bond donors (Lipinski definition) is 4. The Hall–Kier alpha value is -3.93. The van der Waals surface area contributed by atoms with Gasteiger partial charge in [-0.1, -0.05) is 80.9 Å². The first-order chi connectivity index (χ1) is 23.4. The third-order valence-corrected chi connectivity index (χ3v) is 9.28. The Bertz CT molecular complexity index is 1350. The number of Topliss-reactive ketones (excluding diaryl/α,β-unsaturated/α-hetero) is 2. The third kappa shape index (κ3) is 13.1. The number of piperidine rings is 1. The van der Waals surface area contributed by atoms with E-state index in [1.165, 1.54) is 0 Å². The fourth-order valence-electron chi connectivity index (χ4n) is 6.37. The highest BCUT2D eigenvalue weighted by Crippen LogP contribution is 2.26. The van der Waals surface area contributed by atoms with Crippen molar-refractivity contribution in [2.75, 3.05) is 19.6 Å². The van der Waals surface area contributed by atoms with Crippen LogP contribution >= 0.6 is 0 Å². The molecule has 7 N–H and O–H groups in total. The van der Waals surface area contributed by atoms with Crippen LogP contribution in [0.3, 0.4) is 0 Å². The van der Waals surface area contributed by atoms with Crippen molar-refractivity contribution in [1.82, 2.24) is 10.2 Å². The standard InChI is InChI=1S/C38H55N5O6/c1-27(2)21-33(35(46)24-30(15-9-10-18-39)37(48)43-19-16-38(41,17-20-43)49-26-44)42-36(47)31(22-28-11-5-3-6-12-28)25-34(45)32(40)23-29-13-7-4-8-14-29/h3-8,11-14,26-27,30-33H,9-10,15-25,39-41H2,1-2H3,(H,42,47)/t30-,31-,32+,33?/m0/s1. The van der Waals surface area contributed by atoms with E-state index in [-0.39, 0.29) is 42.1 Å². The molecule has 11 heteroatoms. The van der Waals surface area contributed by atoms with Crippen molar-refractivity contribution in [2.24, 2.45) is 35.0 Å². The molecular weight excluding hydrogens is 622 g/mol. The molecule has 11 nitrogen and oxygen atoms in total. The Morgan fingerprint density at radius 2 is 1.45 bits per heavy atom. The molecule has 0 saturated carbocycles. The molecule has 0 aliphatic carbocycles. The van der Waals surface area contributed by atoms with Gasteiger partial charge >= 0.3 is 0 Å². The van der Waals surface area contributed by atoms with Crippen molar-refractivity contribution in [3.63, 3.8) is 0 Å². The van der Waals surface area contributed by atoms with Gasteiger partial charge in [-0.2, -0.15) is 0 Å². The lowest BCUT2D eigenvalue weighted by atomic mass is 9.87. The number of nitrogens with zero attached hydrogens (tertiary/aromatic N) is 1. The molecule has 1 fully saturated rings. The molecule has 1 saturated heterocycles. The van der Waals surface area contributed by atoms with Gasteiger partial charge in [0.1, 0.15) is 0 Å². The van der Waals surface area contributed by atoms with Crippen LogP contribution in [-0.2, 0) is 41.6 Å². The summed E-state index contributed by atoms with van der Waals surface area (Å²) in [6, 6.07) is 17.4. The van der Waals surface area contributed by atoms with Gasteiger partial charge in [0.2, 0.25) is 11.8 Å². The predicted octanol–water partition coefficient (Wildman–Crippen LogP) is 3.06. The van der Waals surface area contributed by atoms with Gasteiger partial charge in [0, 0.05) is 50.6 Å². The predicted molar refractivity (Wildman–Crippen MR) is 189 cm³/mol. The van der Waals surface area contributed by atoms with E-state index in [9.17, 15) is 24.0 Å². The molecule has 1 aliphatic heterocycles. The maximum atomic E-state index is 14.0. The molecular formula is C38H55N5O6. The molecule has 2 aromatic rings. The minimum absolute atomic E-state index is 0.0413. The van der Waals surface area contributed by atoms with E-state index in [1.807, 2.05) is 74.5 Å². The van der Waals surface area contributed by atoms with Crippen LogP contribution in [0.5, 0.6) is 0 Å². The molecule has 0 bridgehead atoms. The molecule has 3 rings (SSSR count). The zero-order valence-electron chi connectivity index (χ0n) is 29.1. The number of nitrogens with one attached hydrogen (secondary N) is 1. The number of carbonyl (C=O) groups excluding carboxylic acids is 5. The van der Waals surface area contributed by atoms with Crippen LogP contribution in [-0.4, -0.2) is 72.2 Å². The average molecular weight is 678 g/mol. The normalized spacial score (nSPS) is 16.7. The van der Waals surface area contributed by atoms with E-state index in [4.69, 9.17) is 21.9 Å². The minimum atomic E-state index is -1.11. The molecule has 1 aliphatic rings. The maximum Gasteiger partial charge on any atom is 0.294 e. The van der Waals surface area contributed by atoms with Gasteiger partial charge in [0.05, 0.1) is 12.1 Å². The third-order valence-electron chi connectivity index (χ3n) is 9.28. The van der Waals surface area contributed by atoms with Gasteiger partial charge in [-0.15, -0.1) is 0 Å². The summed E-state index contributed by atoms with van der Waals surface area (Å²) in [5.41, 5.74) is 18.9. The zero-order chi connectivity index (χ0) is 35.8. The summed E-state index contributed by atoms with van der Waals surface area (Å²) in [4.78, 5) is 67.6. The van der Waals surface area contributed by atoms with Crippen molar-refractivity contribution >= 4 is 29.9 Å². The number of amides is 2. The summed E-state index contributed by atoms with van der Waals surface area (Å²) in [6.07, 6.45) is 3.40. The molecule has 0 aromatic heterocycles. The Balaban J connectivity index is 1.76. The number of carbonyl (C=O) groups is 5. The van der Waals surface area contributed by atoms with Gasteiger partial charge < -0.3 is 26.4 Å². The molecule has 2 amide bonds. The number of benzene rings is 2. The van der Waals surface area contributed by atoms with Crippen molar-refractivity contribution in [2.45, 2.75) is 95.9 Å². The van der Waals surface area contributed by atoms with Crippen molar-refractivity contribution < 1.29 is 28.7 Å². The van der Waals surface area contributed by atoms with Crippen LogP contribution in [0.4, 0.5) is 0 Å². The second-order valence-electron chi connectivity index (χ2n) is 13.8. The Labute approximate surface area is 290 Å². The van der Waals surface area contributed by atoms with Crippen LogP contribution in [0.2, 0.25) is 0 Å². The Morgan fingerprint density at radius 1 is 0.878 bits per heavy atom. The van der Waals surface area contributed by atoms with Crippen LogP contribution < -0.4 is 22.5 Å². The molecule has 4 atom stereocenters. The fraction of sp³-hybridized carbons (Fsp3) is 0.553. The van der Waals surface area contributed by atoms with Crippen LogP contribution in [0.1, 0.15) is 76.3 Å². The SMILES string of the molecule is CC(C)CC(NC(=O)[C@H](CC(=O)[C@H](N)Cc1ccccc1)Cc1ccccc1)C(=O)C[C@H](CCCCN)C(=O)N1CCC(N)(OC=O)CC1. The largest absolute Gasteiger partial charge is 0.446 e. The van der Waals surface area contributed by atoms with Gasteiger partial charge in [0.15, 0.2) is 17.3 Å². The number of ketones is 2. The number of likely N-dealkylation sites (tertiary alicyclic amines) is 1. The van der Waals surface area contributed by atoms with Gasteiger partial charge in [0.25, 0.3) is 6.47 Å². The Kier molecular flexibility index (Phi) is 16.1. The maximum absolute atomic E-state index is 14.0. The monoisotopic (exact) mass is 677 g/mol. The van der Waals surface area contributed by atoms with E-state index >= 15 is 0 Å². The minimum Gasteiger partial charge on any atom is -0.446 e. The van der Waals surface area contributed by atoms with Crippen molar-refractivity contribution in [1.29, 1.82) is 0 Å². The summed E-state index contributed by atoms with van der Waals surface area (Å²) >= 11 is 0. The summed E-state index contributed by atoms with van der Waals surface area (Å²) in [6.45, 7) is 5.35. The number of ether oxygens (including phenoxy) is 1. The number of hydrogen-bond acceptors (Lipinski definition) is 9. The van der Waals surface area contributed by atoms with E-state index in [0.717, 1.165) is 11.1 Å². The lowest BCUT2D eigenvalue weighted by Crippen LogP contribution is -2.54. The second-order valence-corrected chi connectivity index (χ2v) is 13.8. The first-order valence-electron chi connectivity index (χ1n) is 17.5. The van der Waals surface area contributed by atoms with Crippen molar-refractivity contribution in [3.05, 3.63) is 71.8 Å². The van der Waals surface area contributed by atoms with Gasteiger partial charge in [-0.25, -0.2) is 0 Å². The molecule has 1 unspecified atom stereocenters. The summed E-state index contributed by atoms with van der Waals surface area (Å²) in [5, 5.41) is 2.99. The number of nitrogens with two attached hydrogens (primary N) is 3. The highest BCUT2D eigenvalue weighted by molar-refractivity contribution is 5.94. The first kappa shape index (κ1) is 39.5. The van der Waals surface area contributed by atoms with Crippen LogP contribution in [0.25, 0.3) is 0 Å². The van der Waals surface area contributed by atoms with Gasteiger partial charge in [-0.05, 0) is 55.7 Å². The molecule has 1 heterocycles. The van der Waals surface area contributed by atoms with E-state index in [0.29, 0.717) is 77.5 Å².